The molecule has 0 radical (unpaired) electrons. The van der Waals surface area contributed by atoms with Crippen LogP contribution in [-0.4, -0.2) is 11.3 Å². The third kappa shape index (κ3) is 2.81. The summed E-state index contributed by atoms with van der Waals surface area (Å²) in [5.41, 5.74) is 0.746. The molecule has 1 rings (SSSR count). The van der Waals surface area contributed by atoms with E-state index in [0.29, 0.717) is 11.8 Å². The van der Waals surface area contributed by atoms with Gasteiger partial charge in [0.05, 0.1) is 0 Å². The molecule has 50 valence electrons. The molecule has 0 bridgehead atoms. The van der Waals surface area contributed by atoms with Crippen molar-refractivity contribution >= 4 is 6.29 Å². The van der Waals surface area contributed by atoms with Gasteiger partial charge in [-0.3, -0.25) is 4.79 Å². The maximum Gasteiger partial charge on any atom is 1.00 e. The van der Waals surface area contributed by atoms with Gasteiger partial charge in [-0.15, -0.1) is 0 Å². The molecule has 0 aromatic carbocycles. The molecule has 0 amide bonds. The summed E-state index contributed by atoms with van der Waals surface area (Å²) >= 11 is 0. The van der Waals surface area contributed by atoms with Crippen LogP contribution in [0.3, 0.4) is 0 Å². The number of aldehydes is 1. The van der Waals surface area contributed by atoms with Gasteiger partial charge in [0.1, 0.15) is 18.0 Å². The molecule has 0 spiro atoms. The van der Waals surface area contributed by atoms with E-state index < -0.39 is 0 Å². The Bertz CT molecular complexity index is 298. The number of hydrogen-bond donors (Lipinski definition) is 0. The molecule has 1 aromatic rings. The molecule has 0 fully saturated rings. The quantitative estimate of drug-likeness (QED) is 0.345. The Kier molecular flexibility index (Phi) is 4.71. The third-order valence-corrected chi connectivity index (χ3v) is 1.03. The zero-order valence-corrected chi connectivity index (χ0v) is 8.11. The smallest absolute Gasteiger partial charge is 1.00 e. The Morgan fingerprint density at radius 3 is 3.00 bits per heavy atom. The van der Waals surface area contributed by atoms with Gasteiger partial charge in [0.25, 0.3) is 0 Å². The summed E-state index contributed by atoms with van der Waals surface area (Å²) in [7, 11) is 0. The molecule has 1 heterocycles. The zero-order chi connectivity index (χ0) is 7.40. The fourth-order valence-electron chi connectivity index (χ4n) is 0.581. The van der Waals surface area contributed by atoms with Gasteiger partial charge in [-0.1, -0.05) is 0 Å². The number of nitriles is 1. The molecule has 0 unspecified atom stereocenters. The summed E-state index contributed by atoms with van der Waals surface area (Å²) < 4.78 is 0. The van der Waals surface area contributed by atoms with Crippen LogP contribution in [0.4, 0.5) is 0 Å². The normalized spacial score (nSPS) is 7.55. The molecular weight excluding hydrogens is 151 g/mol. The molecule has 0 aliphatic heterocycles. The van der Waals surface area contributed by atoms with Gasteiger partial charge in [-0.2, -0.15) is 5.26 Å². The first-order valence-corrected chi connectivity index (χ1v) is 2.68. The van der Waals surface area contributed by atoms with Gasteiger partial charge in [0, 0.05) is 11.8 Å². The van der Waals surface area contributed by atoms with Crippen LogP contribution >= 0.6 is 0 Å². The van der Waals surface area contributed by atoms with Crippen molar-refractivity contribution in [2.45, 2.75) is 0 Å². The first kappa shape index (κ1) is 10.3. The second-order valence-electron chi connectivity index (χ2n) is 1.70. The van der Waals surface area contributed by atoms with Crippen LogP contribution in [-0.2, 0) is 0 Å². The minimum atomic E-state index is 0. The van der Waals surface area contributed by atoms with E-state index in [0.717, 1.165) is 0 Å². The Morgan fingerprint density at radius 1 is 1.73 bits per heavy atom. The predicted molar refractivity (Wildman–Crippen MR) is 35.5 cm³/mol. The summed E-state index contributed by atoms with van der Waals surface area (Å²) in [6, 6.07) is 4.82. The van der Waals surface area contributed by atoms with Crippen LogP contribution in [0.2, 0.25) is 0 Å². The molecule has 0 N–H and O–H groups in total. The molecule has 3 nitrogen and oxygen atoms in total. The number of nitrogens with zero attached hydrogens (tertiary/aromatic N) is 2. The van der Waals surface area contributed by atoms with E-state index in [1.165, 1.54) is 12.3 Å². The van der Waals surface area contributed by atoms with Crippen molar-refractivity contribution in [2.24, 2.45) is 0 Å². The topological polar surface area (TPSA) is 53.8 Å². The molecule has 0 atom stereocenters. The van der Waals surface area contributed by atoms with Crippen molar-refractivity contribution in [3.8, 4) is 6.07 Å². The van der Waals surface area contributed by atoms with Crippen LogP contribution in [0, 0.1) is 11.3 Å². The SMILES string of the molecule is N#Cc1cc(C=O)ccn1.[H-].[Na+]. The average molecular weight is 156 g/mol. The number of carbonyl (C=O) groups excluding carboxylic acids is 1. The van der Waals surface area contributed by atoms with Crippen molar-refractivity contribution < 1.29 is 35.8 Å². The van der Waals surface area contributed by atoms with E-state index in [9.17, 15) is 4.79 Å². The predicted octanol–water partition coefficient (Wildman–Crippen LogP) is -2.12. The van der Waals surface area contributed by atoms with Crippen LogP contribution in [0.15, 0.2) is 18.3 Å². The zero-order valence-electron chi connectivity index (χ0n) is 7.11. The number of carbonyl (C=O) groups is 1. The van der Waals surface area contributed by atoms with Crippen molar-refractivity contribution in [1.82, 2.24) is 4.98 Å². The second-order valence-corrected chi connectivity index (χ2v) is 1.70. The minimum Gasteiger partial charge on any atom is -1.00 e. The Morgan fingerprint density at radius 2 is 2.45 bits per heavy atom. The summed E-state index contributed by atoms with van der Waals surface area (Å²) in [6.45, 7) is 0. The Labute approximate surface area is 87.8 Å². The maximum absolute atomic E-state index is 10.1. The monoisotopic (exact) mass is 156 g/mol. The van der Waals surface area contributed by atoms with Gasteiger partial charge in [0.15, 0.2) is 0 Å². The van der Waals surface area contributed by atoms with E-state index >= 15 is 0 Å². The first-order valence-electron chi connectivity index (χ1n) is 2.68. The summed E-state index contributed by atoms with van der Waals surface area (Å²) in [6.07, 6.45) is 2.12. The molecule has 11 heavy (non-hydrogen) atoms. The fraction of sp³-hybridized carbons (Fsp3) is 0. The number of rotatable bonds is 1. The van der Waals surface area contributed by atoms with Gasteiger partial charge in [-0.25, -0.2) is 4.98 Å². The van der Waals surface area contributed by atoms with Crippen molar-refractivity contribution in [2.75, 3.05) is 0 Å². The van der Waals surface area contributed by atoms with Crippen molar-refractivity contribution in [3.05, 3.63) is 29.6 Å². The van der Waals surface area contributed by atoms with E-state index in [1.54, 1.807) is 6.07 Å². The molecular formula is C7H5N2NaO. The Hall–Kier alpha value is -0.690. The molecule has 0 aliphatic rings. The number of aromatic nitrogens is 1. The minimum absolute atomic E-state index is 0. The van der Waals surface area contributed by atoms with Crippen molar-refractivity contribution in [3.63, 3.8) is 0 Å². The van der Waals surface area contributed by atoms with E-state index in [-0.39, 0.29) is 36.7 Å². The standard InChI is InChI=1S/C7H4N2O.Na.H/c8-4-7-3-6(5-10)1-2-9-7;;/h1-3,5H;;/q;+1;-1. The molecule has 4 heteroatoms. The maximum atomic E-state index is 10.1. The Balaban J connectivity index is 0. The molecule has 1 aromatic heterocycles. The summed E-state index contributed by atoms with van der Waals surface area (Å²) in [4.78, 5) is 13.8. The van der Waals surface area contributed by atoms with Crippen molar-refractivity contribution in [1.29, 1.82) is 5.26 Å². The van der Waals surface area contributed by atoms with Gasteiger partial charge in [0.2, 0.25) is 0 Å². The van der Waals surface area contributed by atoms with Crippen LogP contribution in [0.25, 0.3) is 0 Å². The van der Waals surface area contributed by atoms with E-state index in [1.807, 2.05) is 6.07 Å². The van der Waals surface area contributed by atoms with Crippen LogP contribution < -0.4 is 29.6 Å². The second kappa shape index (κ2) is 5.03. The summed E-state index contributed by atoms with van der Waals surface area (Å²) in [5, 5.41) is 8.33. The average Bonchev–Trinajstić information content (AvgIpc) is 2.05. The van der Waals surface area contributed by atoms with Crippen LogP contribution in [0.5, 0.6) is 0 Å². The number of hydrogen-bond acceptors (Lipinski definition) is 3. The molecule has 0 saturated heterocycles. The fourth-order valence-corrected chi connectivity index (χ4v) is 0.581. The third-order valence-electron chi connectivity index (χ3n) is 1.03. The molecule has 0 saturated carbocycles. The number of pyridine rings is 1. The molecule has 0 aliphatic carbocycles. The van der Waals surface area contributed by atoms with E-state index in [2.05, 4.69) is 4.98 Å². The largest absolute Gasteiger partial charge is 1.00 e. The van der Waals surface area contributed by atoms with Gasteiger partial charge >= 0.3 is 29.6 Å². The van der Waals surface area contributed by atoms with Gasteiger partial charge in [-0.05, 0) is 12.1 Å². The van der Waals surface area contributed by atoms with Gasteiger partial charge < -0.3 is 1.43 Å². The summed E-state index contributed by atoms with van der Waals surface area (Å²) in [5.74, 6) is 0. The van der Waals surface area contributed by atoms with E-state index in [4.69, 9.17) is 5.26 Å². The van der Waals surface area contributed by atoms with Crippen LogP contribution in [0.1, 0.15) is 17.5 Å². The first-order chi connectivity index (χ1) is 4.86.